The quantitative estimate of drug-likeness (QED) is 0.419. The minimum absolute atomic E-state index is 0.0229. The Balaban J connectivity index is 1.39. The molecule has 0 spiro atoms. The molecule has 0 radical (unpaired) electrons. The molecule has 0 aromatic heterocycles. The van der Waals surface area contributed by atoms with Crippen molar-refractivity contribution in [1.82, 2.24) is 0 Å². The fourth-order valence-corrected chi connectivity index (χ4v) is 4.68. The average Bonchev–Trinajstić information content (AvgIpc) is 2.53. The number of hydrogen-bond acceptors (Lipinski definition) is 6. The van der Waals surface area contributed by atoms with Gasteiger partial charge in [-0.15, -0.1) is 0 Å². The number of hydrogen-bond donors (Lipinski definition) is 0. The highest BCUT2D eigenvalue weighted by atomic mass is 16.6. The maximum Gasteiger partial charge on any atom is 0.344 e. The van der Waals surface area contributed by atoms with Crippen LogP contribution in [0.1, 0.15) is 39.0 Å². The van der Waals surface area contributed by atoms with Gasteiger partial charge in [0.15, 0.2) is 13.2 Å². The summed E-state index contributed by atoms with van der Waals surface area (Å²) in [6.07, 6.45) is 5.94. The van der Waals surface area contributed by atoms with Crippen molar-refractivity contribution in [1.29, 1.82) is 0 Å². The van der Waals surface area contributed by atoms with E-state index in [1.807, 2.05) is 0 Å². The molecule has 24 heavy (non-hydrogen) atoms. The van der Waals surface area contributed by atoms with E-state index in [4.69, 9.17) is 9.47 Å². The van der Waals surface area contributed by atoms with Gasteiger partial charge in [-0.25, -0.2) is 14.4 Å². The van der Waals surface area contributed by atoms with E-state index in [1.165, 1.54) is 13.3 Å². The van der Waals surface area contributed by atoms with E-state index >= 15 is 0 Å². The van der Waals surface area contributed by atoms with Gasteiger partial charge in [-0.1, -0.05) is 6.58 Å². The Morgan fingerprint density at radius 2 is 1.42 bits per heavy atom. The lowest BCUT2D eigenvalue weighted by Crippen LogP contribution is -2.50. The van der Waals surface area contributed by atoms with E-state index in [0.717, 1.165) is 37.5 Å². The summed E-state index contributed by atoms with van der Waals surface area (Å²) in [6.45, 7) is 3.92. The molecular formula is C18H24O6. The van der Waals surface area contributed by atoms with Crippen molar-refractivity contribution < 1.29 is 28.6 Å². The van der Waals surface area contributed by atoms with Gasteiger partial charge in [0.2, 0.25) is 0 Å². The highest BCUT2D eigenvalue weighted by Gasteiger charge is 2.49. The second kappa shape index (κ2) is 6.95. The van der Waals surface area contributed by atoms with Gasteiger partial charge in [-0.05, 0) is 62.7 Å². The molecule has 0 N–H and O–H groups in total. The molecule has 0 unspecified atom stereocenters. The van der Waals surface area contributed by atoms with Crippen LogP contribution in [0.2, 0.25) is 0 Å². The maximum atomic E-state index is 12.0. The first-order valence-corrected chi connectivity index (χ1v) is 8.60. The molecule has 4 saturated carbocycles. The summed E-state index contributed by atoms with van der Waals surface area (Å²) in [5, 5.41) is 0. The molecule has 6 heteroatoms. The highest BCUT2D eigenvalue weighted by molar-refractivity contribution is 5.88. The SMILES string of the molecule is C=C(C)C(=O)OCC(=O)OCC(=O)OC1C2CC3CC(C2)CC1C3. The van der Waals surface area contributed by atoms with Crippen LogP contribution in [0.4, 0.5) is 0 Å². The molecule has 0 aromatic carbocycles. The van der Waals surface area contributed by atoms with Gasteiger partial charge in [-0.3, -0.25) is 0 Å². The van der Waals surface area contributed by atoms with Crippen LogP contribution in [0.3, 0.4) is 0 Å². The van der Waals surface area contributed by atoms with Gasteiger partial charge in [-0.2, -0.15) is 0 Å². The second-order valence-corrected chi connectivity index (χ2v) is 7.40. The molecule has 0 heterocycles. The third-order valence-electron chi connectivity index (χ3n) is 5.43. The zero-order valence-electron chi connectivity index (χ0n) is 14.0. The Morgan fingerprint density at radius 3 is 1.96 bits per heavy atom. The first-order valence-electron chi connectivity index (χ1n) is 8.60. The zero-order valence-corrected chi connectivity index (χ0v) is 14.0. The second-order valence-electron chi connectivity index (χ2n) is 7.40. The number of carbonyl (C=O) groups excluding carboxylic acids is 3. The number of ether oxygens (including phenoxy) is 3. The Bertz CT molecular complexity index is 524. The highest BCUT2D eigenvalue weighted by Crippen LogP contribution is 2.54. The lowest BCUT2D eigenvalue weighted by molar-refractivity contribution is -0.179. The number of carbonyl (C=O) groups is 3. The van der Waals surface area contributed by atoms with Crippen molar-refractivity contribution in [3.8, 4) is 0 Å². The van der Waals surface area contributed by atoms with Crippen molar-refractivity contribution >= 4 is 17.9 Å². The van der Waals surface area contributed by atoms with E-state index in [2.05, 4.69) is 11.3 Å². The summed E-state index contributed by atoms with van der Waals surface area (Å²) in [5.74, 6) is 0.600. The van der Waals surface area contributed by atoms with E-state index in [-0.39, 0.29) is 11.7 Å². The third-order valence-corrected chi connectivity index (χ3v) is 5.43. The summed E-state index contributed by atoms with van der Waals surface area (Å²) in [4.78, 5) is 34.6. The van der Waals surface area contributed by atoms with Crippen molar-refractivity contribution in [2.45, 2.75) is 45.1 Å². The van der Waals surface area contributed by atoms with Crippen molar-refractivity contribution in [3.05, 3.63) is 12.2 Å². The van der Waals surface area contributed by atoms with Crippen LogP contribution in [-0.2, 0) is 28.6 Å². The first-order chi connectivity index (χ1) is 11.4. The molecule has 4 bridgehead atoms. The molecular weight excluding hydrogens is 312 g/mol. The van der Waals surface area contributed by atoms with Gasteiger partial charge in [0.25, 0.3) is 0 Å². The fraction of sp³-hybridized carbons (Fsp3) is 0.722. The summed E-state index contributed by atoms with van der Waals surface area (Å²) in [5.41, 5.74) is 0.198. The Hall–Kier alpha value is -1.85. The average molecular weight is 336 g/mol. The third kappa shape index (κ3) is 3.79. The summed E-state index contributed by atoms with van der Waals surface area (Å²) < 4.78 is 15.1. The van der Waals surface area contributed by atoms with E-state index in [1.54, 1.807) is 0 Å². The van der Waals surface area contributed by atoms with Gasteiger partial charge >= 0.3 is 17.9 Å². The molecule has 0 atom stereocenters. The Labute approximate surface area is 141 Å². The van der Waals surface area contributed by atoms with Gasteiger partial charge in [0.05, 0.1) is 0 Å². The first kappa shape index (κ1) is 17.0. The van der Waals surface area contributed by atoms with Crippen LogP contribution < -0.4 is 0 Å². The molecule has 0 amide bonds. The monoisotopic (exact) mass is 336 g/mol. The molecule has 0 saturated heterocycles. The standard InChI is InChI=1S/C18H24O6/c1-10(2)18(21)23-8-15(19)22-9-16(20)24-17-13-4-11-3-12(6-13)7-14(17)5-11/h11-14,17H,1,3-9H2,2H3. The zero-order chi connectivity index (χ0) is 17.3. The normalized spacial score (nSPS) is 33.0. The minimum atomic E-state index is -0.772. The molecule has 4 rings (SSSR count). The van der Waals surface area contributed by atoms with Crippen LogP contribution in [0.5, 0.6) is 0 Å². The summed E-state index contributed by atoms with van der Waals surface area (Å²) >= 11 is 0. The van der Waals surface area contributed by atoms with Gasteiger partial charge in [0.1, 0.15) is 6.10 Å². The van der Waals surface area contributed by atoms with Crippen molar-refractivity contribution in [2.24, 2.45) is 23.7 Å². The Morgan fingerprint density at radius 1 is 0.875 bits per heavy atom. The lowest BCUT2D eigenvalue weighted by atomic mass is 9.55. The summed E-state index contributed by atoms with van der Waals surface area (Å²) in [6, 6.07) is 0. The topological polar surface area (TPSA) is 78.9 Å². The number of esters is 3. The molecule has 6 nitrogen and oxygen atoms in total. The van der Waals surface area contributed by atoms with Crippen molar-refractivity contribution in [2.75, 3.05) is 13.2 Å². The van der Waals surface area contributed by atoms with E-state index < -0.39 is 31.1 Å². The molecule has 4 aliphatic carbocycles. The van der Waals surface area contributed by atoms with Gasteiger partial charge in [0, 0.05) is 5.57 Å². The van der Waals surface area contributed by atoms with Crippen LogP contribution >= 0.6 is 0 Å². The molecule has 0 aromatic rings. The lowest BCUT2D eigenvalue weighted by Gasteiger charge is -2.53. The predicted octanol–water partition coefficient (Wildman–Crippen LogP) is 2.02. The Kier molecular flexibility index (Phi) is 4.92. The minimum Gasteiger partial charge on any atom is -0.459 e. The largest absolute Gasteiger partial charge is 0.459 e. The fourth-order valence-electron chi connectivity index (χ4n) is 4.68. The van der Waals surface area contributed by atoms with Crippen LogP contribution in [-0.4, -0.2) is 37.2 Å². The molecule has 4 fully saturated rings. The van der Waals surface area contributed by atoms with E-state index in [9.17, 15) is 14.4 Å². The van der Waals surface area contributed by atoms with Crippen LogP contribution in [0, 0.1) is 23.7 Å². The van der Waals surface area contributed by atoms with Crippen LogP contribution in [0.25, 0.3) is 0 Å². The molecule has 132 valence electrons. The predicted molar refractivity (Wildman–Crippen MR) is 83.7 cm³/mol. The maximum absolute atomic E-state index is 12.0. The van der Waals surface area contributed by atoms with E-state index in [0.29, 0.717) is 11.8 Å². The summed E-state index contributed by atoms with van der Waals surface area (Å²) in [7, 11) is 0. The number of rotatable bonds is 6. The smallest absolute Gasteiger partial charge is 0.344 e. The molecule has 4 aliphatic rings. The molecule has 0 aliphatic heterocycles. The van der Waals surface area contributed by atoms with Crippen molar-refractivity contribution in [3.63, 3.8) is 0 Å². The van der Waals surface area contributed by atoms with Gasteiger partial charge < -0.3 is 14.2 Å². The van der Waals surface area contributed by atoms with Crippen LogP contribution in [0.15, 0.2) is 12.2 Å².